The quantitative estimate of drug-likeness (QED) is 0.318. The second-order valence-corrected chi connectivity index (χ2v) is 9.50. The molecule has 6 nitrogen and oxygen atoms in total. The third-order valence-electron chi connectivity index (χ3n) is 6.13. The fraction of sp³-hybridized carbons (Fsp3) is 0.179. The topological polar surface area (TPSA) is 71.3 Å². The number of allylic oxidation sites excluding steroid dienone is 1. The van der Waals surface area contributed by atoms with Gasteiger partial charge in [0.25, 0.3) is 5.89 Å². The first-order valence-corrected chi connectivity index (χ1v) is 12.6. The number of aryl methyl sites for hydroxylation is 2. The predicted molar refractivity (Wildman–Crippen MR) is 140 cm³/mol. The predicted octanol–water partition coefficient (Wildman–Crippen LogP) is 6.78. The maximum atomic E-state index is 13.4. The highest BCUT2D eigenvalue weighted by Crippen LogP contribution is 2.39. The first kappa shape index (κ1) is 22.9. The Morgan fingerprint density at radius 1 is 0.943 bits per heavy atom. The van der Waals surface area contributed by atoms with E-state index in [1.54, 1.807) is 16.7 Å². The number of nitrogens with zero attached hydrogens (tertiary/aromatic N) is 3. The van der Waals surface area contributed by atoms with Gasteiger partial charge in [-0.05, 0) is 68.5 Å². The summed E-state index contributed by atoms with van der Waals surface area (Å²) in [6, 6.07) is 23.4. The van der Waals surface area contributed by atoms with Crippen LogP contribution < -0.4 is 10.2 Å². The third kappa shape index (κ3) is 4.47. The minimum Gasteiger partial charge on any atom is -0.334 e. The van der Waals surface area contributed by atoms with E-state index in [9.17, 15) is 4.79 Å². The van der Waals surface area contributed by atoms with Crippen LogP contribution in [0.15, 0.2) is 87.9 Å². The summed E-state index contributed by atoms with van der Waals surface area (Å²) in [5.41, 5.74) is 6.32. The zero-order valence-corrected chi connectivity index (χ0v) is 20.9. The van der Waals surface area contributed by atoms with Crippen LogP contribution in [0.2, 0.25) is 0 Å². The van der Waals surface area contributed by atoms with E-state index in [1.807, 2.05) is 87.7 Å². The SMILES string of the molecule is CSc1ccc(C2NC(=O)N(c3cccc(C)c3)C(C)=C2c2nc(-c3cccc(C)c3)no2)cc1. The van der Waals surface area contributed by atoms with E-state index in [1.165, 1.54) is 0 Å². The van der Waals surface area contributed by atoms with Gasteiger partial charge in [-0.15, -0.1) is 11.8 Å². The van der Waals surface area contributed by atoms with E-state index in [0.717, 1.165) is 44.1 Å². The third-order valence-corrected chi connectivity index (χ3v) is 6.87. The van der Waals surface area contributed by atoms with Crippen molar-refractivity contribution in [2.75, 3.05) is 11.2 Å². The zero-order chi connectivity index (χ0) is 24.5. The number of amides is 2. The van der Waals surface area contributed by atoms with Crippen LogP contribution in [0.5, 0.6) is 0 Å². The maximum Gasteiger partial charge on any atom is 0.326 e. The normalized spacial score (nSPS) is 15.9. The summed E-state index contributed by atoms with van der Waals surface area (Å²) in [5.74, 6) is 0.898. The van der Waals surface area contributed by atoms with Gasteiger partial charge in [0.1, 0.15) is 0 Å². The molecule has 0 spiro atoms. The van der Waals surface area contributed by atoms with Gasteiger partial charge < -0.3 is 9.84 Å². The number of hydrogen-bond donors (Lipinski definition) is 1. The van der Waals surface area contributed by atoms with Gasteiger partial charge in [-0.3, -0.25) is 4.90 Å². The average molecular weight is 483 g/mol. The Morgan fingerprint density at radius 3 is 2.34 bits per heavy atom. The van der Waals surface area contributed by atoms with Crippen molar-refractivity contribution in [2.24, 2.45) is 0 Å². The van der Waals surface area contributed by atoms with Crippen LogP contribution in [0, 0.1) is 13.8 Å². The number of anilines is 1. The van der Waals surface area contributed by atoms with Crippen molar-refractivity contribution in [2.45, 2.75) is 31.7 Å². The largest absolute Gasteiger partial charge is 0.334 e. The molecule has 1 atom stereocenters. The molecule has 0 fully saturated rings. The standard InChI is InChI=1S/C28H26N4O2S/c1-17-7-5-9-21(15-17)26-30-27(34-31-26)24-19(3)32(22-10-6-8-18(2)16-22)28(33)29-25(24)20-11-13-23(35-4)14-12-20/h5-16,25H,1-4H3,(H,29,33). The van der Waals surface area contributed by atoms with Gasteiger partial charge in [-0.2, -0.15) is 4.98 Å². The Hall–Kier alpha value is -3.84. The lowest BCUT2D eigenvalue weighted by Gasteiger charge is -2.35. The molecule has 1 aliphatic rings. The fourth-order valence-corrected chi connectivity index (χ4v) is 4.79. The number of thioether (sulfide) groups is 1. The summed E-state index contributed by atoms with van der Waals surface area (Å²) >= 11 is 1.68. The van der Waals surface area contributed by atoms with Gasteiger partial charge in [0.05, 0.1) is 17.3 Å². The Kier molecular flexibility index (Phi) is 6.17. The first-order valence-electron chi connectivity index (χ1n) is 11.4. The smallest absolute Gasteiger partial charge is 0.326 e. The monoisotopic (exact) mass is 482 g/mol. The molecule has 4 aromatic rings. The molecule has 0 saturated carbocycles. The van der Waals surface area contributed by atoms with Crippen molar-refractivity contribution in [3.8, 4) is 11.4 Å². The minimum absolute atomic E-state index is 0.200. The second-order valence-electron chi connectivity index (χ2n) is 8.62. The van der Waals surface area contributed by atoms with E-state index >= 15 is 0 Å². The molecule has 1 N–H and O–H groups in total. The number of carbonyl (C=O) groups is 1. The van der Waals surface area contributed by atoms with Crippen LogP contribution in [0.1, 0.15) is 35.5 Å². The molecule has 2 heterocycles. The van der Waals surface area contributed by atoms with Gasteiger partial charge in [0.2, 0.25) is 5.82 Å². The van der Waals surface area contributed by atoms with Crippen molar-refractivity contribution in [1.82, 2.24) is 15.5 Å². The molecule has 1 unspecified atom stereocenters. The van der Waals surface area contributed by atoms with Crippen LogP contribution in [0.25, 0.3) is 17.0 Å². The Balaban J connectivity index is 1.65. The molecule has 7 heteroatoms. The molecule has 1 aromatic heterocycles. The Morgan fingerprint density at radius 2 is 1.66 bits per heavy atom. The van der Waals surface area contributed by atoms with Crippen LogP contribution in [-0.4, -0.2) is 22.4 Å². The summed E-state index contributed by atoms with van der Waals surface area (Å²) in [7, 11) is 0. The average Bonchev–Trinajstić information content (AvgIpc) is 3.34. The lowest BCUT2D eigenvalue weighted by molar-refractivity contribution is 0.244. The summed E-state index contributed by atoms with van der Waals surface area (Å²) in [6.45, 7) is 5.96. The highest BCUT2D eigenvalue weighted by Gasteiger charge is 2.36. The van der Waals surface area contributed by atoms with Crippen molar-refractivity contribution >= 4 is 29.1 Å². The highest BCUT2D eigenvalue weighted by molar-refractivity contribution is 7.98. The number of rotatable bonds is 5. The van der Waals surface area contributed by atoms with Crippen molar-refractivity contribution in [3.05, 3.63) is 101 Å². The van der Waals surface area contributed by atoms with E-state index in [4.69, 9.17) is 9.51 Å². The number of benzene rings is 3. The first-order chi connectivity index (χ1) is 16.9. The van der Waals surface area contributed by atoms with Gasteiger partial charge in [-0.25, -0.2) is 4.79 Å². The van der Waals surface area contributed by atoms with Crippen molar-refractivity contribution in [3.63, 3.8) is 0 Å². The molecule has 0 aliphatic carbocycles. The molecule has 0 saturated heterocycles. The van der Waals surface area contributed by atoms with E-state index < -0.39 is 6.04 Å². The van der Waals surface area contributed by atoms with E-state index in [2.05, 4.69) is 22.6 Å². The zero-order valence-electron chi connectivity index (χ0n) is 20.1. The van der Waals surface area contributed by atoms with Gasteiger partial charge in [0, 0.05) is 16.2 Å². The summed E-state index contributed by atoms with van der Waals surface area (Å²) in [6.07, 6.45) is 2.04. The number of aromatic nitrogens is 2. The number of hydrogen-bond acceptors (Lipinski definition) is 5. The van der Waals surface area contributed by atoms with Crippen LogP contribution in [0.4, 0.5) is 10.5 Å². The fourth-order valence-electron chi connectivity index (χ4n) is 4.38. The molecule has 35 heavy (non-hydrogen) atoms. The molecule has 3 aromatic carbocycles. The molecule has 1 aliphatic heterocycles. The number of nitrogens with one attached hydrogen (secondary N) is 1. The van der Waals surface area contributed by atoms with Crippen LogP contribution >= 0.6 is 11.8 Å². The molecule has 176 valence electrons. The lowest BCUT2D eigenvalue weighted by atomic mass is 9.94. The van der Waals surface area contributed by atoms with Crippen LogP contribution in [0.3, 0.4) is 0 Å². The summed E-state index contributed by atoms with van der Waals surface area (Å²) < 4.78 is 5.81. The van der Waals surface area contributed by atoms with Gasteiger partial charge in [0.15, 0.2) is 0 Å². The summed E-state index contributed by atoms with van der Waals surface area (Å²) in [5, 5.41) is 7.44. The lowest BCUT2D eigenvalue weighted by Crippen LogP contribution is -2.46. The molecule has 0 bridgehead atoms. The molecule has 0 radical (unpaired) electrons. The van der Waals surface area contributed by atoms with Gasteiger partial charge in [-0.1, -0.05) is 53.2 Å². The Labute approximate surface area is 209 Å². The minimum atomic E-state index is -0.426. The van der Waals surface area contributed by atoms with E-state index in [-0.39, 0.29) is 6.03 Å². The van der Waals surface area contributed by atoms with E-state index in [0.29, 0.717) is 11.7 Å². The number of carbonyl (C=O) groups excluding carboxylic acids is 1. The van der Waals surface area contributed by atoms with Crippen molar-refractivity contribution < 1.29 is 9.32 Å². The number of urea groups is 1. The molecular weight excluding hydrogens is 456 g/mol. The van der Waals surface area contributed by atoms with Crippen molar-refractivity contribution in [1.29, 1.82) is 0 Å². The maximum absolute atomic E-state index is 13.4. The molecule has 2 amide bonds. The second kappa shape index (κ2) is 9.43. The molecule has 5 rings (SSSR count). The Bertz CT molecular complexity index is 1420. The van der Waals surface area contributed by atoms with Gasteiger partial charge >= 0.3 is 6.03 Å². The molecular formula is C28H26N4O2S. The van der Waals surface area contributed by atoms with Crippen LogP contribution in [-0.2, 0) is 0 Å². The highest BCUT2D eigenvalue weighted by atomic mass is 32.2. The summed E-state index contributed by atoms with van der Waals surface area (Å²) in [4.78, 5) is 21.0.